The molecule has 0 bridgehead atoms. The second-order valence-electron chi connectivity index (χ2n) is 5.57. The first-order valence-corrected chi connectivity index (χ1v) is 7.13. The molecule has 3 rings (SSSR count). The molecule has 0 spiro atoms. The zero-order valence-corrected chi connectivity index (χ0v) is 10.9. The van der Waals surface area contributed by atoms with E-state index >= 15 is 0 Å². The Morgan fingerprint density at radius 2 is 1.89 bits per heavy atom. The third-order valence-corrected chi connectivity index (χ3v) is 4.54. The van der Waals surface area contributed by atoms with Gasteiger partial charge in [0, 0.05) is 32.0 Å². The number of nitrogens with zero attached hydrogens (tertiary/aromatic N) is 3. The highest BCUT2D eigenvalue weighted by Crippen LogP contribution is 2.37. The van der Waals surface area contributed by atoms with Crippen LogP contribution in [0.25, 0.3) is 0 Å². The van der Waals surface area contributed by atoms with Crippen LogP contribution in [0.2, 0.25) is 0 Å². The van der Waals surface area contributed by atoms with Crippen LogP contribution in [-0.4, -0.2) is 23.1 Å². The first-order chi connectivity index (χ1) is 8.88. The molecule has 1 aromatic rings. The van der Waals surface area contributed by atoms with Gasteiger partial charge >= 0.3 is 0 Å². The van der Waals surface area contributed by atoms with Crippen molar-refractivity contribution < 1.29 is 0 Å². The predicted molar refractivity (Wildman–Crippen MR) is 72.2 cm³/mol. The molecule has 4 nitrogen and oxygen atoms in total. The number of fused-ring (bicyclic) bond motifs is 1. The Morgan fingerprint density at radius 3 is 2.72 bits per heavy atom. The van der Waals surface area contributed by atoms with E-state index < -0.39 is 0 Å². The lowest BCUT2D eigenvalue weighted by Gasteiger charge is -2.42. The fourth-order valence-corrected chi connectivity index (χ4v) is 3.56. The summed E-state index contributed by atoms with van der Waals surface area (Å²) in [5, 5.41) is 0. The molecule has 2 atom stereocenters. The minimum Gasteiger partial charge on any atom is -0.355 e. The lowest BCUT2D eigenvalue weighted by molar-refractivity contribution is 0.202. The van der Waals surface area contributed by atoms with Gasteiger partial charge in [-0.2, -0.15) is 0 Å². The number of anilines is 1. The largest absolute Gasteiger partial charge is 0.355 e. The van der Waals surface area contributed by atoms with Gasteiger partial charge in [-0.25, -0.2) is 4.98 Å². The van der Waals surface area contributed by atoms with Crippen LogP contribution in [-0.2, 0) is 6.54 Å². The highest BCUT2D eigenvalue weighted by atomic mass is 15.2. The Labute approximate surface area is 109 Å². The predicted octanol–water partition coefficient (Wildman–Crippen LogP) is 1.95. The van der Waals surface area contributed by atoms with Gasteiger partial charge in [0.2, 0.25) is 0 Å². The molecule has 2 heterocycles. The smallest absolute Gasteiger partial charge is 0.151 e. The fourth-order valence-electron chi connectivity index (χ4n) is 3.56. The average molecular weight is 246 g/mol. The molecule has 0 aromatic carbocycles. The topological polar surface area (TPSA) is 55.0 Å². The van der Waals surface area contributed by atoms with Crippen LogP contribution >= 0.6 is 0 Å². The van der Waals surface area contributed by atoms with E-state index in [1.165, 1.54) is 32.1 Å². The molecule has 1 aromatic heterocycles. The number of hydrogen-bond acceptors (Lipinski definition) is 4. The number of piperidine rings is 1. The zero-order valence-electron chi connectivity index (χ0n) is 10.9. The molecule has 2 unspecified atom stereocenters. The number of aromatic nitrogens is 2. The summed E-state index contributed by atoms with van der Waals surface area (Å²) in [7, 11) is 0. The number of nitrogens with two attached hydrogens (primary N) is 1. The van der Waals surface area contributed by atoms with Gasteiger partial charge in [0.05, 0.1) is 5.69 Å². The van der Waals surface area contributed by atoms with Crippen LogP contribution in [0, 0.1) is 11.8 Å². The second kappa shape index (κ2) is 5.22. The Hall–Kier alpha value is -1.16. The first kappa shape index (κ1) is 11.9. The summed E-state index contributed by atoms with van der Waals surface area (Å²) >= 11 is 0. The van der Waals surface area contributed by atoms with E-state index in [2.05, 4.69) is 14.9 Å². The fraction of sp³-hybridized carbons (Fsp3) is 0.714. The van der Waals surface area contributed by atoms with Gasteiger partial charge in [0.1, 0.15) is 0 Å². The number of hydrogen-bond donors (Lipinski definition) is 1. The molecule has 1 saturated carbocycles. The van der Waals surface area contributed by atoms with Gasteiger partial charge in [0.15, 0.2) is 5.82 Å². The Morgan fingerprint density at radius 1 is 1.11 bits per heavy atom. The molecule has 2 fully saturated rings. The Balaban J connectivity index is 1.77. The standard InChI is InChI=1S/C14H22N4/c15-9-13-14(17-7-6-16-13)18-8-5-11-3-1-2-4-12(11)10-18/h6-7,11-12H,1-5,8-10,15H2. The van der Waals surface area contributed by atoms with Crippen molar-refractivity contribution >= 4 is 5.82 Å². The third kappa shape index (κ3) is 2.21. The van der Waals surface area contributed by atoms with Gasteiger partial charge < -0.3 is 10.6 Å². The van der Waals surface area contributed by atoms with Gasteiger partial charge in [-0.3, -0.25) is 4.98 Å². The zero-order chi connectivity index (χ0) is 12.4. The van der Waals surface area contributed by atoms with E-state index in [9.17, 15) is 0 Å². The van der Waals surface area contributed by atoms with E-state index in [1.807, 2.05) is 0 Å². The second-order valence-corrected chi connectivity index (χ2v) is 5.57. The van der Waals surface area contributed by atoms with Crippen molar-refractivity contribution in [3.8, 4) is 0 Å². The Kier molecular flexibility index (Phi) is 3.46. The van der Waals surface area contributed by atoms with Crippen LogP contribution in [0.15, 0.2) is 12.4 Å². The normalized spacial score (nSPS) is 27.9. The van der Waals surface area contributed by atoms with Crippen molar-refractivity contribution in [2.45, 2.75) is 38.6 Å². The van der Waals surface area contributed by atoms with Crippen molar-refractivity contribution in [3.05, 3.63) is 18.1 Å². The summed E-state index contributed by atoms with van der Waals surface area (Å²) in [4.78, 5) is 11.2. The molecule has 1 saturated heterocycles. The minimum absolute atomic E-state index is 0.480. The maximum absolute atomic E-state index is 5.76. The van der Waals surface area contributed by atoms with Crippen molar-refractivity contribution in [2.75, 3.05) is 18.0 Å². The molecule has 1 aliphatic carbocycles. The molecular weight excluding hydrogens is 224 g/mol. The molecular formula is C14H22N4. The van der Waals surface area contributed by atoms with E-state index in [1.54, 1.807) is 12.4 Å². The first-order valence-electron chi connectivity index (χ1n) is 7.13. The van der Waals surface area contributed by atoms with Crippen molar-refractivity contribution in [1.29, 1.82) is 0 Å². The van der Waals surface area contributed by atoms with Crippen molar-refractivity contribution in [3.63, 3.8) is 0 Å². The maximum atomic E-state index is 5.76. The van der Waals surface area contributed by atoms with Crippen molar-refractivity contribution in [2.24, 2.45) is 17.6 Å². The van der Waals surface area contributed by atoms with Gasteiger partial charge in [-0.1, -0.05) is 19.3 Å². The average Bonchev–Trinajstić information content (AvgIpc) is 2.46. The lowest BCUT2D eigenvalue weighted by Crippen LogP contribution is -2.42. The van der Waals surface area contributed by atoms with Crippen LogP contribution in [0.5, 0.6) is 0 Å². The molecule has 98 valence electrons. The monoisotopic (exact) mass is 246 g/mol. The SMILES string of the molecule is NCc1nccnc1N1CCC2CCCCC2C1. The Bertz CT molecular complexity index is 407. The highest BCUT2D eigenvalue weighted by molar-refractivity contribution is 5.43. The van der Waals surface area contributed by atoms with E-state index in [-0.39, 0.29) is 0 Å². The molecule has 4 heteroatoms. The van der Waals surface area contributed by atoms with E-state index in [0.717, 1.165) is 36.4 Å². The van der Waals surface area contributed by atoms with Crippen molar-refractivity contribution in [1.82, 2.24) is 9.97 Å². The summed E-state index contributed by atoms with van der Waals surface area (Å²) in [5.41, 5.74) is 6.70. The van der Waals surface area contributed by atoms with E-state index in [0.29, 0.717) is 6.54 Å². The summed E-state index contributed by atoms with van der Waals surface area (Å²) in [5.74, 6) is 2.83. The molecule has 2 aliphatic rings. The minimum atomic E-state index is 0.480. The lowest BCUT2D eigenvalue weighted by atomic mass is 9.75. The summed E-state index contributed by atoms with van der Waals surface area (Å²) < 4.78 is 0. The van der Waals surface area contributed by atoms with E-state index in [4.69, 9.17) is 5.73 Å². The third-order valence-electron chi connectivity index (χ3n) is 4.54. The van der Waals surface area contributed by atoms with Crippen LogP contribution in [0.1, 0.15) is 37.8 Å². The highest BCUT2D eigenvalue weighted by Gasteiger charge is 2.32. The van der Waals surface area contributed by atoms with Crippen LogP contribution in [0.4, 0.5) is 5.82 Å². The molecule has 0 radical (unpaired) electrons. The number of rotatable bonds is 2. The van der Waals surface area contributed by atoms with Gasteiger partial charge in [0.25, 0.3) is 0 Å². The van der Waals surface area contributed by atoms with Crippen LogP contribution in [0.3, 0.4) is 0 Å². The molecule has 18 heavy (non-hydrogen) atoms. The summed E-state index contributed by atoms with van der Waals surface area (Å²) in [6, 6.07) is 0. The van der Waals surface area contributed by atoms with Gasteiger partial charge in [-0.05, 0) is 24.7 Å². The molecule has 1 aliphatic heterocycles. The van der Waals surface area contributed by atoms with Gasteiger partial charge in [-0.15, -0.1) is 0 Å². The molecule has 0 amide bonds. The quantitative estimate of drug-likeness (QED) is 0.866. The maximum Gasteiger partial charge on any atom is 0.151 e. The molecule has 2 N–H and O–H groups in total. The summed E-state index contributed by atoms with van der Waals surface area (Å²) in [6.07, 6.45) is 10.5. The van der Waals surface area contributed by atoms with Crippen LogP contribution < -0.4 is 10.6 Å². The summed E-state index contributed by atoms with van der Waals surface area (Å²) in [6.45, 7) is 2.75.